The maximum Gasteiger partial charge on any atom is 0.341 e. The van der Waals surface area contributed by atoms with Crippen LogP contribution in [0.4, 0.5) is 10.1 Å². The van der Waals surface area contributed by atoms with Crippen molar-refractivity contribution in [2.75, 3.05) is 24.5 Å². The number of aryl methyl sites for hydroxylation is 1. The highest BCUT2D eigenvalue weighted by atomic mass is 19.1. The molecule has 28 heavy (non-hydrogen) atoms. The van der Waals surface area contributed by atoms with Gasteiger partial charge in [-0.1, -0.05) is 0 Å². The number of nitrogens with zero attached hydrogens (tertiary/aromatic N) is 2. The second-order valence-electron chi connectivity index (χ2n) is 8.41. The summed E-state index contributed by atoms with van der Waals surface area (Å²) in [6.45, 7) is 4.43. The van der Waals surface area contributed by atoms with Crippen LogP contribution in [0.2, 0.25) is 0 Å². The molecule has 148 valence electrons. The topological polar surface area (TPSA) is 74.6 Å². The summed E-state index contributed by atoms with van der Waals surface area (Å²) < 4.78 is 17.1. The third-order valence-electron chi connectivity index (χ3n) is 6.56. The van der Waals surface area contributed by atoms with Crippen molar-refractivity contribution in [2.24, 2.45) is 5.92 Å². The molecule has 3 aliphatic rings. The number of aromatic nitrogens is 1. The summed E-state index contributed by atoms with van der Waals surface area (Å²) in [6, 6.07) is 1.81. The van der Waals surface area contributed by atoms with Crippen molar-refractivity contribution < 1.29 is 14.3 Å². The molecule has 2 atom stereocenters. The van der Waals surface area contributed by atoms with E-state index >= 15 is 4.39 Å². The first-order valence-electron chi connectivity index (χ1n) is 10.0. The summed E-state index contributed by atoms with van der Waals surface area (Å²) in [4.78, 5) is 26.4. The van der Waals surface area contributed by atoms with Crippen LogP contribution in [-0.2, 0) is 0 Å². The maximum absolute atomic E-state index is 15.2. The molecule has 1 saturated carbocycles. The number of carbonyl (C=O) groups is 1. The molecule has 1 aromatic heterocycles. The second kappa shape index (κ2) is 6.30. The normalized spacial score (nSPS) is 24.6. The van der Waals surface area contributed by atoms with Crippen molar-refractivity contribution in [1.29, 1.82) is 0 Å². The van der Waals surface area contributed by atoms with Gasteiger partial charge in [0.15, 0.2) is 0 Å². The Hall–Kier alpha value is -2.41. The van der Waals surface area contributed by atoms with Crippen molar-refractivity contribution in [3.05, 3.63) is 39.4 Å². The quantitative estimate of drug-likeness (QED) is 0.850. The Morgan fingerprint density at radius 3 is 2.75 bits per heavy atom. The van der Waals surface area contributed by atoms with E-state index in [1.807, 2.05) is 11.5 Å². The van der Waals surface area contributed by atoms with Crippen molar-refractivity contribution in [3.63, 3.8) is 0 Å². The first-order valence-corrected chi connectivity index (χ1v) is 10.0. The predicted molar refractivity (Wildman–Crippen MR) is 105 cm³/mol. The van der Waals surface area contributed by atoms with E-state index in [2.05, 4.69) is 10.2 Å². The zero-order valence-corrected chi connectivity index (χ0v) is 15.9. The molecule has 5 rings (SSSR count). The fraction of sp³-hybridized carbons (Fsp3) is 0.524. The van der Waals surface area contributed by atoms with Gasteiger partial charge in [0.05, 0.1) is 11.2 Å². The molecule has 0 unspecified atom stereocenters. The zero-order valence-electron chi connectivity index (χ0n) is 15.9. The molecular weight excluding hydrogens is 361 g/mol. The van der Waals surface area contributed by atoms with Gasteiger partial charge in [0.1, 0.15) is 11.4 Å². The number of carboxylic acids is 1. The van der Waals surface area contributed by atoms with Gasteiger partial charge in [-0.15, -0.1) is 0 Å². The van der Waals surface area contributed by atoms with Gasteiger partial charge in [-0.3, -0.25) is 4.79 Å². The van der Waals surface area contributed by atoms with Crippen LogP contribution in [0.1, 0.15) is 47.6 Å². The first-order chi connectivity index (χ1) is 13.5. The zero-order chi connectivity index (χ0) is 19.6. The summed E-state index contributed by atoms with van der Waals surface area (Å²) in [7, 11) is 0. The number of hydrogen-bond acceptors (Lipinski definition) is 4. The summed E-state index contributed by atoms with van der Waals surface area (Å²) in [5.74, 6) is -1.19. The van der Waals surface area contributed by atoms with Gasteiger partial charge in [0.2, 0.25) is 5.43 Å². The number of halogens is 1. The third kappa shape index (κ3) is 2.64. The number of anilines is 1. The average molecular weight is 385 g/mol. The first kappa shape index (κ1) is 17.7. The standard InChI is InChI=1S/C21H24FN3O3/c1-11-18-14(20(26)15(21(27)28)9-25(18)13-4-5-13)7-16(22)19(11)24-8-12-3-2-6-23-17(12)10-24/h7,9,12-13,17,23H,2-6,8,10H2,1H3,(H,27,28)/t12-,17+/m0/s1. The number of hydrogen-bond donors (Lipinski definition) is 2. The van der Waals surface area contributed by atoms with Gasteiger partial charge in [0, 0.05) is 36.8 Å². The van der Waals surface area contributed by atoms with Gasteiger partial charge in [0.25, 0.3) is 0 Å². The summed E-state index contributed by atoms with van der Waals surface area (Å²) >= 11 is 0. The molecule has 1 aromatic carbocycles. The van der Waals surface area contributed by atoms with Crippen LogP contribution in [-0.4, -0.2) is 41.3 Å². The van der Waals surface area contributed by atoms with Crippen LogP contribution >= 0.6 is 0 Å². The van der Waals surface area contributed by atoms with Crippen LogP contribution in [0.25, 0.3) is 10.9 Å². The number of carboxylic acid groups (broad SMARTS) is 1. The van der Waals surface area contributed by atoms with E-state index in [0.29, 0.717) is 23.2 Å². The smallest absolute Gasteiger partial charge is 0.341 e. The van der Waals surface area contributed by atoms with Gasteiger partial charge < -0.3 is 19.9 Å². The van der Waals surface area contributed by atoms with Crippen molar-refractivity contribution in [2.45, 2.75) is 44.7 Å². The van der Waals surface area contributed by atoms with Gasteiger partial charge in [-0.25, -0.2) is 9.18 Å². The summed E-state index contributed by atoms with van der Waals surface area (Å²) in [6.07, 6.45) is 5.64. The monoisotopic (exact) mass is 385 g/mol. The van der Waals surface area contributed by atoms with Crippen LogP contribution < -0.4 is 15.6 Å². The second-order valence-corrected chi connectivity index (χ2v) is 8.41. The molecule has 0 amide bonds. The van der Waals surface area contributed by atoms with Crippen molar-refractivity contribution >= 4 is 22.6 Å². The third-order valence-corrected chi connectivity index (χ3v) is 6.56. The molecule has 1 aliphatic carbocycles. The molecule has 3 fully saturated rings. The lowest BCUT2D eigenvalue weighted by molar-refractivity contribution is 0.0695. The largest absolute Gasteiger partial charge is 0.477 e. The fourth-order valence-electron chi connectivity index (χ4n) is 5.08. The number of rotatable bonds is 3. The SMILES string of the molecule is Cc1c(N2C[C@@H]3CCCN[C@@H]3C2)c(F)cc2c(=O)c(C(=O)O)cn(C3CC3)c12. The van der Waals surface area contributed by atoms with Crippen LogP contribution in [0.15, 0.2) is 17.1 Å². The number of nitrogens with one attached hydrogen (secondary N) is 1. The molecule has 6 nitrogen and oxygen atoms in total. The summed E-state index contributed by atoms with van der Waals surface area (Å²) in [5, 5.41) is 13.1. The average Bonchev–Trinajstić information content (AvgIpc) is 3.41. The van der Waals surface area contributed by atoms with Crippen molar-refractivity contribution in [1.82, 2.24) is 9.88 Å². The Morgan fingerprint density at radius 2 is 2.07 bits per heavy atom. The number of benzene rings is 1. The number of pyridine rings is 1. The molecule has 2 saturated heterocycles. The van der Waals surface area contributed by atoms with Gasteiger partial charge >= 0.3 is 5.97 Å². The van der Waals surface area contributed by atoms with E-state index in [-0.39, 0.29) is 17.0 Å². The number of fused-ring (bicyclic) bond motifs is 2. The molecule has 0 spiro atoms. The Bertz CT molecular complexity index is 1030. The Labute approximate surface area is 161 Å². The molecule has 0 radical (unpaired) electrons. The lowest BCUT2D eigenvalue weighted by Crippen LogP contribution is -2.40. The fourth-order valence-corrected chi connectivity index (χ4v) is 5.08. The van der Waals surface area contributed by atoms with E-state index in [9.17, 15) is 14.7 Å². The van der Waals surface area contributed by atoms with Crippen LogP contribution in [0.5, 0.6) is 0 Å². The molecule has 0 bridgehead atoms. The molecule has 2 N–H and O–H groups in total. The minimum Gasteiger partial charge on any atom is -0.477 e. The highest BCUT2D eigenvalue weighted by Gasteiger charge is 2.37. The Morgan fingerprint density at radius 1 is 1.29 bits per heavy atom. The minimum atomic E-state index is -1.27. The van der Waals surface area contributed by atoms with E-state index in [0.717, 1.165) is 50.9 Å². The van der Waals surface area contributed by atoms with E-state index < -0.39 is 17.2 Å². The minimum absolute atomic E-state index is 0.167. The molecular formula is C21H24FN3O3. The van der Waals surface area contributed by atoms with E-state index in [1.54, 1.807) is 0 Å². The van der Waals surface area contributed by atoms with Gasteiger partial charge in [-0.05, 0) is 56.7 Å². The molecule has 2 aromatic rings. The molecule has 3 heterocycles. The molecule has 7 heteroatoms. The summed E-state index contributed by atoms with van der Waals surface area (Å²) in [5.41, 5.74) is 1.07. The predicted octanol–water partition coefficient (Wildman–Crippen LogP) is 2.67. The van der Waals surface area contributed by atoms with Gasteiger partial charge in [-0.2, -0.15) is 0 Å². The van der Waals surface area contributed by atoms with E-state index in [1.165, 1.54) is 12.3 Å². The lowest BCUT2D eigenvalue weighted by Gasteiger charge is -2.24. The Balaban J connectivity index is 1.70. The number of aromatic carboxylic acids is 1. The highest BCUT2D eigenvalue weighted by Crippen LogP contribution is 2.41. The van der Waals surface area contributed by atoms with Crippen molar-refractivity contribution in [3.8, 4) is 0 Å². The highest BCUT2D eigenvalue weighted by molar-refractivity contribution is 5.95. The van der Waals surface area contributed by atoms with Crippen LogP contribution in [0, 0.1) is 18.7 Å². The Kier molecular flexibility index (Phi) is 3.98. The molecule has 2 aliphatic heterocycles. The van der Waals surface area contributed by atoms with E-state index in [4.69, 9.17) is 0 Å². The van der Waals surface area contributed by atoms with Crippen LogP contribution in [0.3, 0.4) is 0 Å². The maximum atomic E-state index is 15.2. The lowest BCUT2D eigenvalue weighted by atomic mass is 9.94. The number of piperidine rings is 1.